The first-order chi connectivity index (χ1) is 8.21. The summed E-state index contributed by atoms with van der Waals surface area (Å²) in [6.07, 6.45) is -1.39. The van der Waals surface area contributed by atoms with Crippen LogP contribution in [0.2, 0.25) is 0 Å². The summed E-state index contributed by atoms with van der Waals surface area (Å²) in [5.41, 5.74) is 0.221. The van der Waals surface area contributed by atoms with E-state index in [1.165, 1.54) is 6.92 Å². The Morgan fingerprint density at radius 2 is 2.17 bits per heavy atom. The van der Waals surface area contributed by atoms with E-state index in [4.69, 9.17) is 5.11 Å². The fraction of sp³-hybridized carbons (Fsp3) is 0.667. The SMILES string of the molecule is C=C(C)C(=O)[C@@H](CC1CCC(F)(F)C1)NC(=O)O. The Morgan fingerprint density at radius 1 is 1.56 bits per heavy atom. The van der Waals surface area contributed by atoms with Gasteiger partial charge in [0.2, 0.25) is 5.92 Å². The zero-order valence-electron chi connectivity index (χ0n) is 10.2. The van der Waals surface area contributed by atoms with E-state index in [0.717, 1.165) is 0 Å². The molecule has 0 aromatic carbocycles. The van der Waals surface area contributed by atoms with Gasteiger partial charge in [-0.25, -0.2) is 13.6 Å². The molecule has 2 N–H and O–H groups in total. The van der Waals surface area contributed by atoms with Gasteiger partial charge < -0.3 is 10.4 Å². The number of carboxylic acid groups (broad SMARTS) is 1. The van der Waals surface area contributed by atoms with Crippen molar-refractivity contribution in [2.75, 3.05) is 0 Å². The van der Waals surface area contributed by atoms with Crippen molar-refractivity contribution in [3.05, 3.63) is 12.2 Å². The van der Waals surface area contributed by atoms with Gasteiger partial charge in [-0.15, -0.1) is 0 Å². The highest BCUT2D eigenvalue weighted by Gasteiger charge is 2.40. The lowest BCUT2D eigenvalue weighted by Gasteiger charge is -2.19. The van der Waals surface area contributed by atoms with Gasteiger partial charge in [-0.05, 0) is 31.3 Å². The van der Waals surface area contributed by atoms with Crippen molar-refractivity contribution in [2.24, 2.45) is 5.92 Å². The van der Waals surface area contributed by atoms with Gasteiger partial charge >= 0.3 is 6.09 Å². The molecule has 0 spiro atoms. The van der Waals surface area contributed by atoms with Crippen LogP contribution in [-0.4, -0.2) is 28.9 Å². The first kappa shape index (κ1) is 14.6. The molecule has 0 bridgehead atoms. The number of nitrogens with one attached hydrogen (secondary N) is 1. The fourth-order valence-corrected chi connectivity index (χ4v) is 2.25. The fourth-order valence-electron chi connectivity index (χ4n) is 2.25. The summed E-state index contributed by atoms with van der Waals surface area (Å²) in [4.78, 5) is 22.3. The van der Waals surface area contributed by atoms with Gasteiger partial charge in [0, 0.05) is 12.8 Å². The summed E-state index contributed by atoms with van der Waals surface area (Å²) >= 11 is 0. The Labute approximate surface area is 104 Å². The van der Waals surface area contributed by atoms with E-state index in [0.29, 0.717) is 6.42 Å². The molecule has 6 heteroatoms. The predicted molar refractivity (Wildman–Crippen MR) is 61.7 cm³/mol. The molecule has 1 unspecified atom stereocenters. The van der Waals surface area contributed by atoms with Crippen LogP contribution >= 0.6 is 0 Å². The van der Waals surface area contributed by atoms with Gasteiger partial charge in [0.25, 0.3) is 0 Å². The molecule has 0 radical (unpaired) electrons. The molecule has 0 heterocycles. The maximum atomic E-state index is 13.0. The summed E-state index contributed by atoms with van der Waals surface area (Å²) in [5, 5.41) is 10.7. The first-order valence-electron chi connectivity index (χ1n) is 5.78. The number of Topliss-reactive ketones (excluding diaryl/α,β-unsaturated/α-hetero) is 1. The molecule has 4 nitrogen and oxygen atoms in total. The number of carbonyl (C=O) groups excluding carboxylic acids is 1. The molecular weight excluding hydrogens is 244 g/mol. The van der Waals surface area contributed by atoms with Gasteiger partial charge in [-0.1, -0.05) is 6.58 Å². The van der Waals surface area contributed by atoms with Crippen LogP contribution in [0, 0.1) is 5.92 Å². The number of rotatable bonds is 5. The van der Waals surface area contributed by atoms with E-state index in [9.17, 15) is 18.4 Å². The molecule has 1 fully saturated rings. The Balaban J connectivity index is 2.65. The first-order valence-corrected chi connectivity index (χ1v) is 5.78. The van der Waals surface area contributed by atoms with E-state index >= 15 is 0 Å². The van der Waals surface area contributed by atoms with E-state index < -0.39 is 23.8 Å². The van der Waals surface area contributed by atoms with Crippen LogP contribution < -0.4 is 5.32 Å². The molecule has 102 valence electrons. The second-order valence-corrected chi connectivity index (χ2v) is 4.85. The molecule has 1 amide bonds. The molecule has 18 heavy (non-hydrogen) atoms. The van der Waals surface area contributed by atoms with Crippen LogP contribution in [0.15, 0.2) is 12.2 Å². The van der Waals surface area contributed by atoms with Gasteiger partial charge in [0.05, 0.1) is 6.04 Å². The topological polar surface area (TPSA) is 66.4 Å². The minimum absolute atomic E-state index is 0.105. The van der Waals surface area contributed by atoms with Gasteiger partial charge in [-0.2, -0.15) is 0 Å². The number of carbonyl (C=O) groups is 2. The third kappa shape index (κ3) is 4.09. The maximum absolute atomic E-state index is 13.0. The van der Waals surface area contributed by atoms with Crippen LogP contribution in [0.5, 0.6) is 0 Å². The lowest BCUT2D eigenvalue weighted by molar-refractivity contribution is -0.117. The van der Waals surface area contributed by atoms with E-state index in [1.807, 2.05) is 0 Å². The molecule has 1 rings (SSSR count). The molecule has 1 saturated carbocycles. The van der Waals surface area contributed by atoms with Crippen LogP contribution in [0.3, 0.4) is 0 Å². The third-order valence-corrected chi connectivity index (χ3v) is 3.11. The zero-order chi connectivity index (χ0) is 13.9. The summed E-state index contributed by atoms with van der Waals surface area (Å²) in [6, 6.07) is -0.973. The minimum Gasteiger partial charge on any atom is -0.465 e. The molecule has 1 aliphatic carbocycles. The van der Waals surface area contributed by atoms with Crippen molar-refractivity contribution in [1.82, 2.24) is 5.32 Å². The normalized spacial score (nSPS) is 23.4. The zero-order valence-corrected chi connectivity index (χ0v) is 10.2. The Bertz CT molecular complexity index is 368. The van der Waals surface area contributed by atoms with Crippen molar-refractivity contribution >= 4 is 11.9 Å². The average molecular weight is 261 g/mol. The Morgan fingerprint density at radius 3 is 2.56 bits per heavy atom. The molecule has 0 saturated heterocycles. The van der Waals surface area contributed by atoms with Crippen LogP contribution in [0.4, 0.5) is 13.6 Å². The number of hydrogen-bond donors (Lipinski definition) is 2. The monoisotopic (exact) mass is 261 g/mol. The summed E-state index contributed by atoms with van der Waals surface area (Å²) in [7, 11) is 0. The smallest absolute Gasteiger partial charge is 0.405 e. The number of alkyl halides is 2. The molecule has 2 atom stereocenters. The lowest BCUT2D eigenvalue weighted by Crippen LogP contribution is -2.41. The van der Waals surface area contributed by atoms with Crippen LogP contribution in [-0.2, 0) is 4.79 Å². The van der Waals surface area contributed by atoms with Crippen LogP contribution in [0.1, 0.15) is 32.6 Å². The number of halogens is 2. The largest absolute Gasteiger partial charge is 0.465 e. The van der Waals surface area contributed by atoms with Crippen LogP contribution in [0.25, 0.3) is 0 Å². The summed E-state index contributed by atoms with van der Waals surface area (Å²) in [5.74, 6) is -3.46. The number of ketones is 1. The Kier molecular flexibility index (Phi) is 4.43. The molecule has 0 aliphatic heterocycles. The van der Waals surface area contributed by atoms with Crippen molar-refractivity contribution in [3.8, 4) is 0 Å². The van der Waals surface area contributed by atoms with Gasteiger partial charge in [0.1, 0.15) is 0 Å². The van der Waals surface area contributed by atoms with Gasteiger partial charge in [-0.3, -0.25) is 4.79 Å². The van der Waals surface area contributed by atoms with Gasteiger partial charge in [0.15, 0.2) is 5.78 Å². The lowest BCUT2D eigenvalue weighted by atomic mass is 9.93. The maximum Gasteiger partial charge on any atom is 0.405 e. The van der Waals surface area contributed by atoms with E-state index in [-0.39, 0.29) is 30.8 Å². The summed E-state index contributed by atoms with van der Waals surface area (Å²) in [6.45, 7) is 4.93. The summed E-state index contributed by atoms with van der Waals surface area (Å²) < 4.78 is 26.1. The van der Waals surface area contributed by atoms with Crippen molar-refractivity contribution < 1.29 is 23.5 Å². The minimum atomic E-state index is -2.69. The standard InChI is InChI=1S/C12H17F2NO3/c1-7(2)10(16)9(15-11(17)18)5-8-3-4-12(13,14)6-8/h8-9,15H,1,3-6H2,2H3,(H,17,18)/t8?,9-/m1/s1. The predicted octanol–water partition coefficient (Wildman–Crippen LogP) is 2.59. The highest BCUT2D eigenvalue weighted by atomic mass is 19.3. The highest BCUT2D eigenvalue weighted by molar-refractivity contribution is 5.99. The molecule has 0 aromatic heterocycles. The molecule has 0 aromatic rings. The average Bonchev–Trinajstić information content (AvgIpc) is 2.55. The molecular formula is C12H17F2NO3. The Hall–Kier alpha value is -1.46. The van der Waals surface area contributed by atoms with Crippen molar-refractivity contribution in [2.45, 2.75) is 44.6 Å². The molecule has 1 aliphatic rings. The quantitative estimate of drug-likeness (QED) is 0.747. The number of amides is 1. The van der Waals surface area contributed by atoms with E-state index in [2.05, 4.69) is 11.9 Å². The number of hydrogen-bond acceptors (Lipinski definition) is 2. The second-order valence-electron chi connectivity index (χ2n) is 4.85. The van der Waals surface area contributed by atoms with Crippen molar-refractivity contribution in [3.63, 3.8) is 0 Å². The second kappa shape index (κ2) is 5.46. The van der Waals surface area contributed by atoms with Crippen molar-refractivity contribution in [1.29, 1.82) is 0 Å². The highest BCUT2D eigenvalue weighted by Crippen LogP contribution is 2.40. The third-order valence-electron chi connectivity index (χ3n) is 3.11. The van der Waals surface area contributed by atoms with E-state index in [1.54, 1.807) is 0 Å².